The lowest BCUT2D eigenvalue weighted by atomic mass is 10.0. The maximum atomic E-state index is 13.0. The molecule has 5 nitrogen and oxygen atoms in total. The first-order valence-electron chi connectivity index (χ1n) is 9.21. The molecule has 0 fully saturated rings. The molecule has 0 saturated carbocycles. The van der Waals surface area contributed by atoms with Crippen molar-refractivity contribution in [3.63, 3.8) is 0 Å². The Bertz CT molecular complexity index is 826. The van der Waals surface area contributed by atoms with E-state index < -0.39 is 17.9 Å². The van der Waals surface area contributed by atoms with Crippen LogP contribution in [0.1, 0.15) is 47.1 Å². The summed E-state index contributed by atoms with van der Waals surface area (Å²) in [5, 5.41) is 2.96. The molecule has 140 valence electrons. The predicted octanol–water partition coefficient (Wildman–Crippen LogP) is 3.05. The number of fused-ring (bicyclic) bond motifs is 1. The van der Waals surface area contributed by atoms with E-state index in [9.17, 15) is 14.4 Å². The van der Waals surface area contributed by atoms with Gasteiger partial charge in [0.15, 0.2) is 0 Å². The van der Waals surface area contributed by atoms with Gasteiger partial charge in [-0.1, -0.05) is 56.3 Å². The maximum Gasteiger partial charge on any atom is 0.262 e. The lowest BCUT2D eigenvalue weighted by Gasteiger charge is -2.28. The third kappa shape index (κ3) is 3.77. The zero-order chi connectivity index (χ0) is 19.6. The van der Waals surface area contributed by atoms with E-state index in [2.05, 4.69) is 5.32 Å². The summed E-state index contributed by atoms with van der Waals surface area (Å²) in [6.45, 7) is 5.95. The van der Waals surface area contributed by atoms with Crippen LogP contribution in [0, 0.1) is 5.92 Å². The standard InChI is InChI=1S/C22H24N2O3/c1-14(2)15(3)23-20(25)19(13-16-9-5-4-6-10-16)24-21(26)17-11-7-8-12-18(17)22(24)27/h4-12,14-15,19H,13H2,1-3H3,(H,23,25)/t15-,19-/m0/s1. The molecule has 0 unspecified atom stereocenters. The highest BCUT2D eigenvalue weighted by molar-refractivity contribution is 6.22. The predicted molar refractivity (Wildman–Crippen MR) is 103 cm³/mol. The van der Waals surface area contributed by atoms with Crippen LogP contribution in [0.4, 0.5) is 0 Å². The van der Waals surface area contributed by atoms with Crippen molar-refractivity contribution in [2.75, 3.05) is 0 Å². The summed E-state index contributed by atoms with van der Waals surface area (Å²) in [5.74, 6) is -0.893. The number of amides is 3. The number of hydrogen-bond acceptors (Lipinski definition) is 3. The smallest absolute Gasteiger partial charge is 0.262 e. The molecule has 1 N–H and O–H groups in total. The summed E-state index contributed by atoms with van der Waals surface area (Å²) in [5.41, 5.74) is 1.60. The van der Waals surface area contributed by atoms with Crippen LogP contribution >= 0.6 is 0 Å². The summed E-state index contributed by atoms with van der Waals surface area (Å²) in [4.78, 5) is 39.9. The van der Waals surface area contributed by atoms with Crippen LogP contribution in [-0.2, 0) is 11.2 Å². The number of carbonyl (C=O) groups is 3. The Morgan fingerprint density at radius 3 is 1.93 bits per heavy atom. The van der Waals surface area contributed by atoms with Crippen LogP contribution in [0.3, 0.4) is 0 Å². The molecule has 1 aliphatic rings. The van der Waals surface area contributed by atoms with Crippen LogP contribution in [0.5, 0.6) is 0 Å². The van der Waals surface area contributed by atoms with Crippen LogP contribution in [0.2, 0.25) is 0 Å². The number of imide groups is 1. The maximum absolute atomic E-state index is 13.0. The van der Waals surface area contributed by atoms with Gasteiger partial charge in [-0.3, -0.25) is 19.3 Å². The van der Waals surface area contributed by atoms with Crippen molar-refractivity contribution in [1.29, 1.82) is 0 Å². The van der Waals surface area contributed by atoms with E-state index >= 15 is 0 Å². The number of nitrogens with zero attached hydrogens (tertiary/aromatic N) is 1. The van der Waals surface area contributed by atoms with Crippen molar-refractivity contribution >= 4 is 17.7 Å². The van der Waals surface area contributed by atoms with Gasteiger partial charge in [-0.05, 0) is 30.5 Å². The van der Waals surface area contributed by atoms with Gasteiger partial charge in [0.25, 0.3) is 11.8 Å². The molecule has 5 heteroatoms. The molecule has 1 aliphatic heterocycles. The van der Waals surface area contributed by atoms with Gasteiger partial charge in [-0.15, -0.1) is 0 Å². The Hall–Kier alpha value is -2.95. The topological polar surface area (TPSA) is 66.5 Å². The first kappa shape index (κ1) is 18.8. The van der Waals surface area contributed by atoms with Crippen molar-refractivity contribution in [2.24, 2.45) is 5.92 Å². The Morgan fingerprint density at radius 1 is 0.889 bits per heavy atom. The molecule has 0 aromatic heterocycles. The molecule has 0 aliphatic carbocycles. The number of rotatable bonds is 6. The van der Waals surface area contributed by atoms with Gasteiger partial charge in [0.2, 0.25) is 5.91 Å². The fourth-order valence-electron chi connectivity index (χ4n) is 3.12. The van der Waals surface area contributed by atoms with Gasteiger partial charge >= 0.3 is 0 Å². The first-order valence-corrected chi connectivity index (χ1v) is 9.21. The van der Waals surface area contributed by atoms with Gasteiger partial charge in [0.1, 0.15) is 6.04 Å². The average molecular weight is 364 g/mol. The second kappa shape index (κ2) is 7.74. The van der Waals surface area contributed by atoms with Crippen molar-refractivity contribution in [3.05, 3.63) is 71.3 Å². The molecule has 2 aromatic carbocycles. The van der Waals surface area contributed by atoms with Crippen LogP contribution < -0.4 is 5.32 Å². The summed E-state index contributed by atoms with van der Waals surface area (Å²) in [7, 11) is 0. The molecule has 3 amide bonds. The number of nitrogens with one attached hydrogen (secondary N) is 1. The third-order valence-electron chi connectivity index (χ3n) is 5.08. The monoisotopic (exact) mass is 364 g/mol. The van der Waals surface area contributed by atoms with Crippen molar-refractivity contribution in [1.82, 2.24) is 10.2 Å². The molecule has 0 spiro atoms. The van der Waals surface area contributed by atoms with Gasteiger partial charge in [-0.2, -0.15) is 0 Å². The number of hydrogen-bond donors (Lipinski definition) is 1. The molecular weight excluding hydrogens is 340 g/mol. The van der Waals surface area contributed by atoms with E-state index in [-0.39, 0.29) is 24.3 Å². The molecule has 2 aromatic rings. The summed E-state index contributed by atoms with van der Waals surface area (Å²) in [6, 6.07) is 15.2. The van der Waals surface area contributed by atoms with E-state index in [0.29, 0.717) is 11.1 Å². The molecule has 3 rings (SSSR count). The van der Waals surface area contributed by atoms with E-state index in [1.807, 2.05) is 51.1 Å². The minimum Gasteiger partial charge on any atom is -0.352 e. The molecule has 0 bridgehead atoms. The van der Waals surface area contributed by atoms with E-state index in [0.717, 1.165) is 10.5 Å². The van der Waals surface area contributed by atoms with Gasteiger partial charge in [0, 0.05) is 12.5 Å². The molecular formula is C22H24N2O3. The highest BCUT2D eigenvalue weighted by atomic mass is 16.2. The van der Waals surface area contributed by atoms with E-state index in [1.165, 1.54) is 0 Å². The van der Waals surface area contributed by atoms with Gasteiger partial charge in [-0.25, -0.2) is 0 Å². The zero-order valence-corrected chi connectivity index (χ0v) is 15.8. The van der Waals surface area contributed by atoms with Crippen molar-refractivity contribution in [3.8, 4) is 0 Å². The van der Waals surface area contributed by atoms with E-state index in [4.69, 9.17) is 0 Å². The average Bonchev–Trinajstić information content (AvgIpc) is 2.91. The van der Waals surface area contributed by atoms with Gasteiger partial charge in [0.05, 0.1) is 11.1 Å². The zero-order valence-electron chi connectivity index (χ0n) is 15.8. The Kier molecular flexibility index (Phi) is 5.40. The summed E-state index contributed by atoms with van der Waals surface area (Å²) < 4.78 is 0. The quantitative estimate of drug-likeness (QED) is 0.801. The normalized spacial score (nSPS) is 15.6. The molecule has 0 saturated heterocycles. The minimum atomic E-state index is -0.888. The van der Waals surface area contributed by atoms with Crippen LogP contribution in [0.25, 0.3) is 0 Å². The lowest BCUT2D eigenvalue weighted by Crippen LogP contribution is -2.53. The SMILES string of the molecule is CC(C)[C@H](C)NC(=O)[C@H](Cc1ccccc1)N1C(=O)c2ccccc2C1=O. The summed E-state index contributed by atoms with van der Waals surface area (Å²) >= 11 is 0. The lowest BCUT2D eigenvalue weighted by molar-refractivity contribution is -0.125. The fraction of sp³-hybridized carbons (Fsp3) is 0.318. The molecule has 2 atom stereocenters. The molecule has 1 heterocycles. The Labute approximate surface area is 159 Å². The highest BCUT2D eigenvalue weighted by Crippen LogP contribution is 2.26. The number of carbonyl (C=O) groups excluding carboxylic acids is 3. The van der Waals surface area contributed by atoms with Gasteiger partial charge < -0.3 is 5.32 Å². The Balaban J connectivity index is 1.94. The molecule has 0 radical (unpaired) electrons. The summed E-state index contributed by atoms with van der Waals surface area (Å²) in [6.07, 6.45) is 0.281. The molecule has 27 heavy (non-hydrogen) atoms. The first-order chi connectivity index (χ1) is 12.9. The minimum absolute atomic E-state index is 0.0639. The van der Waals surface area contributed by atoms with Crippen molar-refractivity contribution in [2.45, 2.75) is 39.3 Å². The second-order valence-electron chi connectivity index (χ2n) is 7.27. The van der Waals surface area contributed by atoms with E-state index in [1.54, 1.807) is 24.3 Å². The fourth-order valence-corrected chi connectivity index (χ4v) is 3.12. The number of benzene rings is 2. The second-order valence-corrected chi connectivity index (χ2v) is 7.27. The van der Waals surface area contributed by atoms with Crippen molar-refractivity contribution < 1.29 is 14.4 Å². The largest absolute Gasteiger partial charge is 0.352 e. The third-order valence-corrected chi connectivity index (χ3v) is 5.08. The Morgan fingerprint density at radius 2 is 1.41 bits per heavy atom. The van der Waals surface area contributed by atoms with Crippen LogP contribution in [0.15, 0.2) is 54.6 Å². The highest BCUT2D eigenvalue weighted by Gasteiger charge is 2.42. The van der Waals surface area contributed by atoms with Crippen LogP contribution in [-0.4, -0.2) is 34.7 Å².